The smallest absolute Gasteiger partial charge is 0.548 e. The van der Waals surface area contributed by atoms with Gasteiger partial charge < -0.3 is 20.1 Å². The van der Waals surface area contributed by atoms with Crippen molar-refractivity contribution in [1.29, 1.82) is 0 Å². The summed E-state index contributed by atoms with van der Waals surface area (Å²) in [6.45, 7) is 3.57. The van der Waals surface area contributed by atoms with E-state index < -0.39 is 28.2 Å². The van der Waals surface area contributed by atoms with Crippen LogP contribution in [0.25, 0.3) is 0 Å². The summed E-state index contributed by atoms with van der Waals surface area (Å²) in [5.41, 5.74) is 0.170. The molecule has 1 aromatic carbocycles. The summed E-state index contributed by atoms with van der Waals surface area (Å²) >= 11 is 7.55. The molecule has 0 aromatic heterocycles. The van der Waals surface area contributed by atoms with Gasteiger partial charge in [-0.05, 0) is 44.4 Å². The van der Waals surface area contributed by atoms with Crippen molar-refractivity contribution in [3.8, 4) is 0 Å². The number of nitrogens with zero attached hydrogens (tertiary/aromatic N) is 1. The zero-order valence-corrected chi connectivity index (χ0v) is 20.3. The summed E-state index contributed by atoms with van der Waals surface area (Å²) < 4.78 is -0.670. The number of halogens is 1. The first-order valence-corrected chi connectivity index (χ1v) is 10.7. The van der Waals surface area contributed by atoms with Gasteiger partial charge in [0.15, 0.2) is 0 Å². The monoisotopic (exact) mass is 444 g/mol. The fraction of sp³-hybridized carbons (Fsp3) is 0.550. The van der Waals surface area contributed by atoms with E-state index in [-0.39, 0.29) is 46.7 Å². The van der Waals surface area contributed by atoms with Crippen molar-refractivity contribution in [2.24, 2.45) is 0 Å². The van der Waals surface area contributed by atoms with Crippen molar-refractivity contribution in [2.45, 2.75) is 67.2 Å². The molecule has 1 N–H and O–H groups in total. The van der Waals surface area contributed by atoms with Crippen LogP contribution < -0.4 is 40.0 Å². The molecule has 3 aliphatic rings. The Bertz CT molecular complexity index is 859. The number of carbonyl (C=O) groups excluding carboxylic acids is 3. The second-order valence-electron chi connectivity index (χ2n) is 8.33. The minimum atomic E-state index is -1.26. The third-order valence-electron chi connectivity index (χ3n) is 6.22. The molecule has 0 bridgehead atoms. The molecule has 2 amide bonds. The molecular formula is C20H22ClN2NaO4S. The van der Waals surface area contributed by atoms with Crippen LogP contribution in [0.4, 0.5) is 0 Å². The van der Waals surface area contributed by atoms with Gasteiger partial charge in [0.05, 0.1) is 17.4 Å². The van der Waals surface area contributed by atoms with Crippen LogP contribution in [0.1, 0.15) is 45.1 Å². The minimum absolute atomic E-state index is 0. The second kappa shape index (κ2) is 8.08. The van der Waals surface area contributed by atoms with E-state index in [1.807, 2.05) is 18.2 Å². The molecular weight excluding hydrogens is 423 g/mol. The summed E-state index contributed by atoms with van der Waals surface area (Å²) in [5.74, 6) is -1.80. The minimum Gasteiger partial charge on any atom is -0.548 e. The molecule has 6 nitrogen and oxygen atoms in total. The van der Waals surface area contributed by atoms with Crippen molar-refractivity contribution in [1.82, 2.24) is 10.2 Å². The van der Waals surface area contributed by atoms with E-state index >= 15 is 0 Å². The van der Waals surface area contributed by atoms with Crippen LogP contribution in [-0.4, -0.2) is 44.9 Å². The van der Waals surface area contributed by atoms with Gasteiger partial charge in [0, 0.05) is 9.77 Å². The van der Waals surface area contributed by atoms with E-state index in [0.717, 1.165) is 18.4 Å². The fourth-order valence-corrected chi connectivity index (χ4v) is 6.63. The molecule has 4 rings (SSSR count). The summed E-state index contributed by atoms with van der Waals surface area (Å²) in [4.78, 5) is 38.9. The van der Waals surface area contributed by atoms with E-state index in [4.69, 9.17) is 11.6 Å². The molecule has 3 atom stereocenters. The summed E-state index contributed by atoms with van der Waals surface area (Å²) in [6, 6.07) is 5.64. The zero-order valence-electron chi connectivity index (χ0n) is 16.7. The Morgan fingerprint density at radius 2 is 1.93 bits per heavy atom. The standard InChI is InChI=1S/C20H23ClN2O4S.Na/c1-19(2)14(17(25)26)23-15(24)13(16(23)28-19)22-18(27)20(8-3-4-9-20)11-6-5-7-12(21)10-11;/h5-7,10,13-14,16H,3-4,8-9H2,1-2H3,(H,22,27)(H,25,26);/q;+1/p-1. The number of aliphatic carboxylic acids is 1. The molecule has 9 heteroatoms. The quantitative estimate of drug-likeness (QED) is 0.449. The van der Waals surface area contributed by atoms with E-state index in [9.17, 15) is 19.5 Å². The molecule has 3 fully saturated rings. The number of amides is 2. The fourth-order valence-electron chi connectivity index (χ4n) is 4.82. The number of β-lactam (4-membered cyclic amide) rings is 1. The van der Waals surface area contributed by atoms with Crippen molar-refractivity contribution in [3.63, 3.8) is 0 Å². The number of carbonyl (C=O) groups is 3. The first-order chi connectivity index (χ1) is 13.2. The molecule has 150 valence electrons. The van der Waals surface area contributed by atoms with Gasteiger partial charge in [-0.15, -0.1) is 11.8 Å². The van der Waals surface area contributed by atoms with Gasteiger partial charge in [-0.3, -0.25) is 9.59 Å². The molecule has 1 saturated carbocycles. The van der Waals surface area contributed by atoms with Gasteiger partial charge in [0.2, 0.25) is 11.8 Å². The summed E-state index contributed by atoms with van der Waals surface area (Å²) in [7, 11) is 0. The van der Waals surface area contributed by atoms with Crippen LogP contribution in [-0.2, 0) is 19.8 Å². The Morgan fingerprint density at radius 1 is 1.28 bits per heavy atom. The molecule has 0 spiro atoms. The Kier molecular flexibility index (Phi) is 6.39. The number of carboxylic acids is 1. The maximum absolute atomic E-state index is 13.3. The van der Waals surface area contributed by atoms with E-state index in [1.165, 1.54) is 16.7 Å². The average Bonchev–Trinajstić information content (AvgIpc) is 3.21. The van der Waals surface area contributed by atoms with Crippen molar-refractivity contribution < 1.29 is 49.0 Å². The van der Waals surface area contributed by atoms with Gasteiger partial charge in [-0.25, -0.2) is 0 Å². The number of thioether (sulfide) groups is 1. The third-order valence-corrected chi connectivity index (χ3v) is 8.03. The molecule has 2 saturated heterocycles. The first kappa shape index (κ1) is 22.9. The number of nitrogens with one attached hydrogen (secondary N) is 1. The third kappa shape index (κ3) is 3.63. The van der Waals surface area contributed by atoms with Gasteiger partial charge in [-0.1, -0.05) is 36.6 Å². The number of hydrogen-bond donors (Lipinski definition) is 1. The Balaban J connectivity index is 0.00000240. The SMILES string of the molecule is CC1(C)SC2C(NC(=O)C3(c4cccc(Cl)c4)CCCC3)C(=O)N2C1C(=O)[O-].[Na+]. The number of fused-ring (bicyclic) bond motifs is 1. The van der Waals surface area contributed by atoms with Gasteiger partial charge >= 0.3 is 29.6 Å². The molecule has 1 aliphatic carbocycles. The predicted octanol–water partition coefficient (Wildman–Crippen LogP) is -1.55. The molecule has 2 aliphatic heterocycles. The van der Waals surface area contributed by atoms with E-state index in [2.05, 4.69) is 5.32 Å². The molecule has 0 radical (unpaired) electrons. The van der Waals surface area contributed by atoms with Gasteiger partial charge in [0.25, 0.3) is 0 Å². The maximum atomic E-state index is 13.3. The zero-order chi connectivity index (χ0) is 20.3. The van der Waals surface area contributed by atoms with Gasteiger partial charge in [-0.2, -0.15) is 0 Å². The largest absolute Gasteiger partial charge is 1.00 e. The predicted molar refractivity (Wildman–Crippen MR) is 105 cm³/mol. The summed E-state index contributed by atoms with van der Waals surface area (Å²) in [5, 5.41) is 14.7. The molecule has 2 heterocycles. The molecule has 3 unspecified atom stereocenters. The number of carboxylic acid groups (broad SMARTS) is 1. The van der Waals surface area contributed by atoms with Crippen molar-refractivity contribution in [3.05, 3.63) is 34.9 Å². The van der Waals surface area contributed by atoms with Crippen LogP contribution in [0.5, 0.6) is 0 Å². The second-order valence-corrected chi connectivity index (χ2v) is 10.5. The van der Waals surface area contributed by atoms with Crippen LogP contribution in [0, 0.1) is 0 Å². The Morgan fingerprint density at radius 3 is 2.52 bits per heavy atom. The van der Waals surface area contributed by atoms with Crippen molar-refractivity contribution in [2.75, 3.05) is 0 Å². The first-order valence-electron chi connectivity index (χ1n) is 9.45. The van der Waals surface area contributed by atoms with Crippen LogP contribution >= 0.6 is 23.4 Å². The maximum Gasteiger partial charge on any atom is 1.00 e. The average molecular weight is 445 g/mol. The van der Waals surface area contributed by atoms with Crippen LogP contribution in [0.2, 0.25) is 5.02 Å². The van der Waals surface area contributed by atoms with E-state index in [1.54, 1.807) is 19.9 Å². The Labute approximate surface area is 201 Å². The van der Waals surface area contributed by atoms with Gasteiger partial charge in [0.1, 0.15) is 11.4 Å². The van der Waals surface area contributed by atoms with E-state index in [0.29, 0.717) is 17.9 Å². The number of hydrogen-bond acceptors (Lipinski definition) is 5. The van der Waals surface area contributed by atoms with Crippen LogP contribution in [0.3, 0.4) is 0 Å². The van der Waals surface area contributed by atoms with Crippen molar-refractivity contribution >= 4 is 41.1 Å². The molecule has 29 heavy (non-hydrogen) atoms. The Hall–Kier alpha value is -0.730. The summed E-state index contributed by atoms with van der Waals surface area (Å²) in [6.07, 6.45) is 3.27. The number of rotatable bonds is 4. The number of benzene rings is 1. The molecule has 1 aromatic rings. The topological polar surface area (TPSA) is 89.5 Å². The van der Waals surface area contributed by atoms with Crippen LogP contribution in [0.15, 0.2) is 24.3 Å². The normalized spacial score (nSPS) is 28.9.